The second-order valence-corrected chi connectivity index (χ2v) is 4.08. The minimum absolute atomic E-state index is 0.0374. The molecule has 1 aromatic rings. The summed E-state index contributed by atoms with van der Waals surface area (Å²) in [4.78, 5) is 24.1. The number of imidazole rings is 1. The largest absolute Gasteiger partial charge is 0.331 e. The Morgan fingerprint density at radius 1 is 1.38 bits per heavy atom. The monoisotopic (exact) mass is 219 g/mol. The zero-order valence-corrected chi connectivity index (χ0v) is 9.34. The molecule has 0 fully saturated rings. The number of urea groups is 1. The molecule has 0 spiro atoms. The Bertz CT molecular complexity index is 489. The standard InChI is InChI=1S/C10H13N5O/c1-13-6-12-8-7(13)9-11-4-3-5-15(9)10(16)14(8)2/h6H,3-5H2,1-2H3. The van der Waals surface area contributed by atoms with Crippen LogP contribution in [-0.2, 0) is 7.05 Å². The molecule has 1 aromatic heterocycles. The summed E-state index contributed by atoms with van der Waals surface area (Å²) < 4.78 is 1.91. The number of rotatable bonds is 0. The SMILES string of the molecule is CN1C(=O)N2CCCN=C2c2c1ncn2C. The summed E-state index contributed by atoms with van der Waals surface area (Å²) in [6, 6.07) is -0.0374. The Labute approximate surface area is 93.2 Å². The summed E-state index contributed by atoms with van der Waals surface area (Å²) in [5.41, 5.74) is 0.932. The van der Waals surface area contributed by atoms with Crippen molar-refractivity contribution >= 4 is 17.7 Å². The van der Waals surface area contributed by atoms with Gasteiger partial charge in [-0.25, -0.2) is 9.78 Å². The number of aliphatic imine (C=N–C) groups is 1. The van der Waals surface area contributed by atoms with Gasteiger partial charge in [0.25, 0.3) is 0 Å². The summed E-state index contributed by atoms with van der Waals surface area (Å²) in [6.07, 6.45) is 2.64. The summed E-state index contributed by atoms with van der Waals surface area (Å²) in [5.74, 6) is 1.47. The zero-order valence-electron chi connectivity index (χ0n) is 9.34. The molecule has 2 aliphatic heterocycles. The van der Waals surface area contributed by atoms with Gasteiger partial charge >= 0.3 is 6.03 Å². The molecule has 84 valence electrons. The predicted molar refractivity (Wildman–Crippen MR) is 59.7 cm³/mol. The van der Waals surface area contributed by atoms with E-state index in [-0.39, 0.29) is 6.03 Å². The molecule has 16 heavy (non-hydrogen) atoms. The number of carbonyl (C=O) groups is 1. The molecule has 3 rings (SSSR count). The fraction of sp³-hybridized carbons (Fsp3) is 0.500. The van der Waals surface area contributed by atoms with Crippen LogP contribution in [0.2, 0.25) is 0 Å². The van der Waals surface area contributed by atoms with Crippen molar-refractivity contribution in [2.24, 2.45) is 12.0 Å². The fourth-order valence-electron chi connectivity index (χ4n) is 2.19. The van der Waals surface area contributed by atoms with Crippen LogP contribution in [0.15, 0.2) is 11.3 Å². The number of nitrogens with zero attached hydrogens (tertiary/aromatic N) is 5. The molecule has 0 bridgehead atoms. The van der Waals surface area contributed by atoms with Crippen LogP contribution >= 0.6 is 0 Å². The number of fused-ring (bicyclic) bond motifs is 3. The Morgan fingerprint density at radius 2 is 2.19 bits per heavy atom. The smallest absolute Gasteiger partial charge is 0.329 e. The average Bonchev–Trinajstić information content (AvgIpc) is 2.69. The molecule has 0 saturated carbocycles. The number of carbonyl (C=O) groups excluding carboxylic acids is 1. The van der Waals surface area contributed by atoms with Gasteiger partial charge in [-0.2, -0.15) is 0 Å². The molecule has 6 nitrogen and oxygen atoms in total. The lowest BCUT2D eigenvalue weighted by Gasteiger charge is -2.35. The van der Waals surface area contributed by atoms with Crippen LogP contribution in [0.1, 0.15) is 12.1 Å². The fourth-order valence-corrected chi connectivity index (χ4v) is 2.19. The molecule has 3 heterocycles. The van der Waals surface area contributed by atoms with Crippen LogP contribution in [0.25, 0.3) is 0 Å². The van der Waals surface area contributed by atoms with Crippen molar-refractivity contribution in [2.75, 3.05) is 25.0 Å². The predicted octanol–water partition coefficient (Wildman–Crippen LogP) is 0.442. The van der Waals surface area contributed by atoms with Crippen LogP contribution in [0, 0.1) is 0 Å². The maximum atomic E-state index is 12.1. The van der Waals surface area contributed by atoms with Crippen molar-refractivity contribution in [3.05, 3.63) is 12.0 Å². The van der Waals surface area contributed by atoms with Gasteiger partial charge < -0.3 is 4.57 Å². The lowest BCUT2D eigenvalue weighted by atomic mass is 10.2. The van der Waals surface area contributed by atoms with E-state index >= 15 is 0 Å². The van der Waals surface area contributed by atoms with E-state index in [2.05, 4.69) is 9.98 Å². The van der Waals surface area contributed by atoms with E-state index in [1.807, 2.05) is 11.6 Å². The number of amides is 2. The first-order valence-electron chi connectivity index (χ1n) is 5.31. The molecule has 0 aromatic carbocycles. The van der Waals surface area contributed by atoms with Crippen molar-refractivity contribution < 1.29 is 4.79 Å². The summed E-state index contributed by atoms with van der Waals surface area (Å²) in [6.45, 7) is 1.53. The summed E-state index contributed by atoms with van der Waals surface area (Å²) in [7, 11) is 3.67. The molecule has 0 radical (unpaired) electrons. The molecule has 2 aliphatic rings. The third-order valence-electron chi connectivity index (χ3n) is 3.02. The highest BCUT2D eigenvalue weighted by Gasteiger charge is 2.37. The van der Waals surface area contributed by atoms with E-state index in [0.717, 1.165) is 31.0 Å². The van der Waals surface area contributed by atoms with Crippen LogP contribution in [0.5, 0.6) is 0 Å². The summed E-state index contributed by atoms with van der Waals surface area (Å²) >= 11 is 0. The van der Waals surface area contributed by atoms with Gasteiger partial charge in [0.1, 0.15) is 5.69 Å². The summed E-state index contributed by atoms with van der Waals surface area (Å²) in [5, 5.41) is 0. The maximum absolute atomic E-state index is 12.1. The Hall–Kier alpha value is -1.85. The average molecular weight is 219 g/mol. The van der Waals surface area contributed by atoms with Crippen LogP contribution in [0.3, 0.4) is 0 Å². The molecule has 0 aliphatic carbocycles. The van der Waals surface area contributed by atoms with E-state index in [9.17, 15) is 4.79 Å². The molecule has 0 saturated heterocycles. The molecular weight excluding hydrogens is 206 g/mol. The van der Waals surface area contributed by atoms with Crippen molar-refractivity contribution in [3.63, 3.8) is 0 Å². The molecule has 0 unspecified atom stereocenters. The number of aromatic nitrogens is 2. The number of amidine groups is 1. The van der Waals surface area contributed by atoms with Gasteiger partial charge in [0, 0.05) is 27.2 Å². The molecule has 0 atom stereocenters. The second-order valence-electron chi connectivity index (χ2n) is 4.08. The molecule has 0 N–H and O–H groups in total. The molecular formula is C10H13N5O. The highest BCUT2D eigenvalue weighted by molar-refractivity contribution is 6.17. The Kier molecular flexibility index (Phi) is 1.80. The quantitative estimate of drug-likeness (QED) is 0.636. The zero-order chi connectivity index (χ0) is 11.3. The first-order valence-corrected chi connectivity index (χ1v) is 5.31. The van der Waals surface area contributed by atoms with Crippen molar-refractivity contribution in [1.82, 2.24) is 14.5 Å². The first kappa shape index (κ1) is 9.38. The second kappa shape index (κ2) is 3.07. The lowest BCUT2D eigenvalue weighted by Crippen LogP contribution is -2.52. The normalized spacial score (nSPS) is 19.4. The van der Waals surface area contributed by atoms with E-state index < -0.39 is 0 Å². The van der Waals surface area contributed by atoms with Gasteiger partial charge in [-0.3, -0.25) is 14.8 Å². The number of hydrogen-bond donors (Lipinski definition) is 0. The third kappa shape index (κ3) is 1.04. The van der Waals surface area contributed by atoms with E-state index in [4.69, 9.17) is 0 Å². The first-order chi connectivity index (χ1) is 7.70. The number of aryl methyl sites for hydroxylation is 1. The highest BCUT2D eigenvalue weighted by atomic mass is 16.2. The highest BCUT2D eigenvalue weighted by Crippen LogP contribution is 2.27. The van der Waals surface area contributed by atoms with Gasteiger partial charge in [-0.05, 0) is 6.42 Å². The van der Waals surface area contributed by atoms with Gasteiger partial charge in [0.2, 0.25) is 0 Å². The van der Waals surface area contributed by atoms with Crippen molar-refractivity contribution in [3.8, 4) is 0 Å². The van der Waals surface area contributed by atoms with Gasteiger partial charge in [-0.1, -0.05) is 0 Å². The minimum atomic E-state index is -0.0374. The van der Waals surface area contributed by atoms with Crippen LogP contribution in [0.4, 0.5) is 10.6 Å². The number of anilines is 1. The van der Waals surface area contributed by atoms with Gasteiger partial charge in [0.05, 0.1) is 6.33 Å². The third-order valence-corrected chi connectivity index (χ3v) is 3.02. The van der Waals surface area contributed by atoms with E-state index in [1.165, 1.54) is 0 Å². The maximum Gasteiger partial charge on any atom is 0.331 e. The molecule has 2 amide bonds. The van der Waals surface area contributed by atoms with Crippen LogP contribution < -0.4 is 4.90 Å². The van der Waals surface area contributed by atoms with Crippen molar-refractivity contribution in [1.29, 1.82) is 0 Å². The van der Waals surface area contributed by atoms with Gasteiger partial charge in [0.15, 0.2) is 11.7 Å². The van der Waals surface area contributed by atoms with Crippen molar-refractivity contribution in [2.45, 2.75) is 6.42 Å². The number of hydrogen-bond acceptors (Lipinski definition) is 3. The minimum Gasteiger partial charge on any atom is -0.329 e. The Balaban J connectivity index is 2.23. The van der Waals surface area contributed by atoms with E-state index in [0.29, 0.717) is 5.82 Å². The van der Waals surface area contributed by atoms with Crippen LogP contribution in [-0.4, -0.2) is 46.5 Å². The van der Waals surface area contributed by atoms with Gasteiger partial charge in [-0.15, -0.1) is 0 Å². The Morgan fingerprint density at radius 3 is 3.00 bits per heavy atom. The topological polar surface area (TPSA) is 53.7 Å². The van der Waals surface area contributed by atoms with E-state index in [1.54, 1.807) is 23.2 Å². The molecule has 6 heteroatoms. The lowest BCUT2D eigenvalue weighted by molar-refractivity contribution is 0.225.